The van der Waals surface area contributed by atoms with Crippen LogP contribution in [0.3, 0.4) is 0 Å². The first-order valence-electron chi connectivity index (χ1n) is 12.8. The van der Waals surface area contributed by atoms with Crippen molar-refractivity contribution >= 4 is 35.0 Å². The number of rotatable bonds is 4. The number of carbonyl (C=O) groups excluding carboxylic acids is 2. The van der Waals surface area contributed by atoms with Crippen LogP contribution < -0.4 is 4.90 Å². The Morgan fingerprint density at radius 1 is 0.842 bits per heavy atom. The normalized spacial score (nSPS) is 13.6. The Labute approximate surface area is 227 Å². The lowest BCUT2D eigenvalue weighted by Crippen LogP contribution is -2.34. The van der Waals surface area contributed by atoms with Gasteiger partial charge in [0, 0.05) is 36.2 Å². The number of aryl methyl sites for hydroxylation is 2. The molecule has 6 heteroatoms. The smallest absolute Gasteiger partial charge is 0.410 e. The number of benzene rings is 4. The van der Waals surface area contributed by atoms with Gasteiger partial charge >= 0.3 is 6.09 Å². The highest BCUT2D eigenvalue weighted by Gasteiger charge is 2.32. The molecule has 0 saturated carbocycles. The molecule has 0 radical (unpaired) electrons. The third kappa shape index (κ3) is 4.33. The van der Waals surface area contributed by atoms with Gasteiger partial charge in [0.25, 0.3) is 0 Å². The van der Waals surface area contributed by atoms with Crippen LogP contribution in [-0.4, -0.2) is 30.5 Å². The van der Waals surface area contributed by atoms with Crippen molar-refractivity contribution in [3.8, 4) is 11.1 Å². The van der Waals surface area contributed by atoms with Crippen molar-refractivity contribution in [2.24, 2.45) is 0 Å². The first kappa shape index (κ1) is 24.3. The summed E-state index contributed by atoms with van der Waals surface area (Å²) in [7, 11) is 1.67. The molecule has 0 bridgehead atoms. The van der Waals surface area contributed by atoms with Crippen molar-refractivity contribution < 1.29 is 14.3 Å². The maximum absolute atomic E-state index is 13.7. The Bertz CT molecular complexity index is 1500. The van der Waals surface area contributed by atoms with Crippen LogP contribution in [-0.2, 0) is 22.4 Å². The summed E-state index contributed by atoms with van der Waals surface area (Å²) in [5, 5.41) is 0.582. The summed E-state index contributed by atoms with van der Waals surface area (Å²) < 4.78 is 6.00. The fraction of sp³-hybridized carbons (Fsp3) is 0.188. The number of fused-ring (bicyclic) bond motifs is 5. The number of ether oxygens (including phenoxy) is 1. The maximum atomic E-state index is 13.7. The molecule has 1 heterocycles. The van der Waals surface area contributed by atoms with Gasteiger partial charge in [-0.25, -0.2) is 4.79 Å². The highest BCUT2D eigenvalue weighted by molar-refractivity contribution is 6.31. The minimum atomic E-state index is -0.473. The standard InChI is InChI=1S/C32H27ClN2O3/c1-34(32(37)38-31-26-11-5-3-9-24(26)25-10-4-6-12-27(25)31)19-18-30(36)35-28-13-7-2-8-21(28)14-15-22-16-17-23(33)20-29(22)35/h2-13,16-17,20,31H,14-15,18-19H2,1H3. The number of para-hydroxylation sites is 1. The second-order valence-corrected chi connectivity index (χ2v) is 10.2. The van der Waals surface area contributed by atoms with Crippen LogP contribution in [0.15, 0.2) is 91.0 Å². The van der Waals surface area contributed by atoms with Gasteiger partial charge in [-0.15, -0.1) is 0 Å². The summed E-state index contributed by atoms with van der Waals surface area (Å²) in [4.78, 5) is 30.1. The van der Waals surface area contributed by atoms with Crippen LogP contribution in [0.5, 0.6) is 0 Å². The molecule has 5 nitrogen and oxygen atoms in total. The first-order chi connectivity index (χ1) is 18.5. The van der Waals surface area contributed by atoms with E-state index < -0.39 is 12.2 Å². The predicted molar refractivity (Wildman–Crippen MR) is 150 cm³/mol. The summed E-state index contributed by atoms with van der Waals surface area (Å²) in [5.74, 6) is -0.0981. The van der Waals surface area contributed by atoms with Crippen LogP contribution in [0, 0.1) is 0 Å². The lowest BCUT2D eigenvalue weighted by molar-refractivity contribution is -0.118. The minimum absolute atomic E-state index is 0.0981. The zero-order valence-corrected chi connectivity index (χ0v) is 21.8. The summed E-state index contributed by atoms with van der Waals surface area (Å²) in [6.07, 6.45) is 0.868. The van der Waals surface area contributed by atoms with Gasteiger partial charge in [-0.05, 0) is 53.3 Å². The molecule has 0 fully saturated rings. The zero-order chi connectivity index (χ0) is 26.2. The molecule has 6 rings (SSSR count). The van der Waals surface area contributed by atoms with Crippen molar-refractivity contribution in [2.75, 3.05) is 18.5 Å². The molecule has 1 aliphatic carbocycles. The molecule has 0 atom stereocenters. The van der Waals surface area contributed by atoms with E-state index in [1.807, 2.05) is 84.9 Å². The number of hydrogen-bond donors (Lipinski definition) is 0. The van der Waals surface area contributed by atoms with E-state index in [-0.39, 0.29) is 18.9 Å². The third-order valence-electron chi connectivity index (χ3n) is 7.40. The molecular formula is C32H27ClN2O3. The van der Waals surface area contributed by atoms with E-state index in [4.69, 9.17) is 16.3 Å². The molecular weight excluding hydrogens is 496 g/mol. The van der Waals surface area contributed by atoms with Crippen molar-refractivity contribution in [1.29, 1.82) is 0 Å². The van der Waals surface area contributed by atoms with Gasteiger partial charge in [0.05, 0.1) is 11.4 Å². The van der Waals surface area contributed by atoms with Gasteiger partial charge in [-0.3, -0.25) is 9.69 Å². The lowest BCUT2D eigenvalue weighted by Gasteiger charge is -2.26. The number of carbonyl (C=O) groups is 2. The topological polar surface area (TPSA) is 49.9 Å². The van der Waals surface area contributed by atoms with Crippen molar-refractivity contribution in [3.63, 3.8) is 0 Å². The third-order valence-corrected chi connectivity index (χ3v) is 7.64. The molecule has 190 valence electrons. The van der Waals surface area contributed by atoms with Crippen LogP contribution in [0.25, 0.3) is 11.1 Å². The highest BCUT2D eigenvalue weighted by atomic mass is 35.5. The SMILES string of the molecule is CN(CCC(=O)N1c2ccccc2CCc2ccc(Cl)cc21)C(=O)OC1c2ccccc2-c2ccccc21. The summed E-state index contributed by atoms with van der Waals surface area (Å²) in [5.41, 5.74) is 7.96. The predicted octanol–water partition coefficient (Wildman–Crippen LogP) is 7.33. The van der Waals surface area contributed by atoms with E-state index in [0.29, 0.717) is 5.02 Å². The largest absolute Gasteiger partial charge is 0.436 e. The molecule has 4 aromatic carbocycles. The van der Waals surface area contributed by atoms with Crippen molar-refractivity contribution in [2.45, 2.75) is 25.4 Å². The van der Waals surface area contributed by atoms with E-state index in [0.717, 1.165) is 57.6 Å². The number of nitrogens with zero attached hydrogens (tertiary/aromatic N) is 2. The average Bonchev–Trinajstić information content (AvgIpc) is 3.15. The van der Waals surface area contributed by atoms with Crippen molar-refractivity contribution in [1.82, 2.24) is 4.90 Å². The van der Waals surface area contributed by atoms with Gasteiger partial charge in [-0.2, -0.15) is 0 Å². The molecule has 2 aliphatic rings. The monoisotopic (exact) mass is 522 g/mol. The summed E-state index contributed by atoms with van der Waals surface area (Å²) in [6.45, 7) is 0.224. The Morgan fingerprint density at radius 3 is 2.16 bits per heavy atom. The van der Waals surface area contributed by atoms with Gasteiger partial charge in [-0.1, -0.05) is 84.4 Å². The van der Waals surface area contributed by atoms with E-state index in [1.165, 1.54) is 4.90 Å². The Hall–Kier alpha value is -4.09. The highest BCUT2D eigenvalue weighted by Crippen LogP contribution is 2.45. The molecule has 0 spiro atoms. The van der Waals surface area contributed by atoms with E-state index in [2.05, 4.69) is 6.07 Å². The van der Waals surface area contributed by atoms with E-state index in [1.54, 1.807) is 11.9 Å². The molecule has 0 saturated heterocycles. The number of halogens is 1. The number of hydrogen-bond acceptors (Lipinski definition) is 3. The molecule has 1 aliphatic heterocycles. The van der Waals surface area contributed by atoms with Crippen LogP contribution in [0.4, 0.5) is 16.2 Å². The molecule has 0 N–H and O–H groups in total. The van der Waals surface area contributed by atoms with Crippen LogP contribution in [0.1, 0.15) is 34.8 Å². The van der Waals surface area contributed by atoms with E-state index in [9.17, 15) is 9.59 Å². The second-order valence-electron chi connectivity index (χ2n) is 9.74. The van der Waals surface area contributed by atoms with Crippen molar-refractivity contribution in [3.05, 3.63) is 118 Å². The Balaban J connectivity index is 1.20. The lowest BCUT2D eigenvalue weighted by atomic mass is 10.0. The summed E-state index contributed by atoms with van der Waals surface area (Å²) >= 11 is 6.34. The van der Waals surface area contributed by atoms with E-state index >= 15 is 0 Å². The fourth-order valence-corrected chi connectivity index (χ4v) is 5.62. The van der Waals surface area contributed by atoms with Gasteiger partial charge in [0.15, 0.2) is 6.10 Å². The molecule has 38 heavy (non-hydrogen) atoms. The zero-order valence-electron chi connectivity index (χ0n) is 21.1. The maximum Gasteiger partial charge on any atom is 0.410 e. The molecule has 0 unspecified atom stereocenters. The van der Waals surface area contributed by atoms with Gasteiger partial charge in [0.1, 0.15) is 0 Å². The van der Waals surface area contributed by atoms with Gasteiger partial charge < -0.3 is 9.64 Å². The Kier molecular flexibility index (Phi) is 6.38. The molecule has 4 aromatic rings. The summed E-state index contributed by atoms with van der Waals surface area (Å²) in [6, 6.07) is 29.6. The van der Waals surface area contributed by atoms with Crippen LogP contribution >= 0.6 is 11.6 Å². The van der Waals surface area contributed by atoms with Crippen LogP contribution in [0.2, 0.25) is 5.02 Å². The fourth-order valence-electron chi connectivity index (χ4n) is 5.46. The Morgan fingerprint density at radius 2 is 1.45 bits per heavy atom. The van der Waals surface area contributed by atoms with Gasteiger partial charge in [0.2, 0.25) is 5.91 Å². The molecule has 2 amide bonds. The average molecular weight is 523 g/mol. The first-order valence-corrected chi connectivity index (χ1v) is 13.2. The minimum Gasteiger partial charge on any atom is -0.436 e. The molecule has 0 aromatic heterocycles. The second kappa shape index (κ2) is 9.99. The quantitative estimate of drug-likeness (QED) is 0.282. The number of anilines is 2. The number of amides is 2.